The van der Waals surface area contributed by atoms with Crippen molar-refractivity contribution in [3.8, 4) is 0 Å². The maximum atomic E-state index is 11.7. The van der Waals surface area contributed by atoms with Gasteiger partial charge in [0.2, 0.25) is 0 Å². The molecule has 1 aliphatic rings. The first-order valence-electron chi connectivity index (χ1n) is 6.73. The molecule has 0 spiro atoms. The summed E-state index contributed by atoms with van der Waals surface area (Å²) in [5.41, 5.74) is 0. The molecule has 0 saturated heterocycles. The number of rotatable bonds is 7. The Hall–Kier alpha value is -1.26. The average molecular weight is 256 g/mol. The van der Waals surface area contributed by atoms with Crippen LogP contribution in [0.5, 0.6) is 0 Å². The van der Waals surface area contributed by atoms with Crippen molar-refractivity contribution in [2.24, 2.45) is 11.8 Å². The summed E-state index contributed by atoms with van der Waals surface area (Å²) < 4.78 is 0. The fourth-order valence-corrected chi connectivity index (χ4v) is 2.00. The molecule has 0 aromatic rings. The number of carboxylic acid groups (broad SMARTS) is 1. The highest BCUT2D eigenvalue weighted by Gasteiger charge is 2.27. The van der Waals surface area contributed by atoms with Gasteiger partial charge in [-0.05, 0) is 25.2 Å². The Balaban J connectivity index is 2.37. The second-order valence-electron chi connectivity index (χ2n) is 5.40. The fraction of sp³-hybridized carbons (Fsp3) is 0.846. The van der Waals surface area contributed by atoms with Crippen LogP contribution in [0.2, 0.25) is 0 Å². The third kappa shape index (κ3) is 4.94. The molecular formula is C13H24N2O3. The van der Waals surface area contributed by atoms with Crippen LogP contribution in [0.4, 0.5) is 4.79 Å². The fourth-order valence-electron chi connectivity index (χ4n) is 2.00. The average Bonchev–Trinajstić information content (AvgIpc) is 3.08. The van der Waals surface area contributed by atoms with E-state index in [0.717, 1.165) is 18.8 Å². The second kappa shape index (κ2) is 6.61. The molecule has 3 atom stereocenters. The largest absolute Gasteiger partial charge is 0.480 e. The van der Waals surface area contributed by atoms with E-state index in [1.165, 1.54) is 12.8 Å². The summed E-state index contributed by atoms with van der Waals surface area (Å²) in [7, 11) is 0. The van der Waals surface area contributed by atoms with Crippen LogP contribution in [0.25, 0.3) is 0 Å². The zero-order chi connectivity index (χ0) is 13.7. The van der Waals surface area contributed by atoms with Crippen LogP contribution in [-0.4, -0.2) is 29.2 Å². The quantitative estimate of drug-likeness (QED) is 0.651. The Kier molecular flexibility index (Phi) is 5.44. The Morgan fingerprint density at radius 2 is 1.89 bits per heavy atom. The predicted octanol–water partition coefficient (Wildman–Crippen LogP) is 1.97. The summed E-state index contributed by atoms with van der Waals surface area (Å²) in [5, 5.41) is 14.4. The third-order valence-corrected chi connectivity index (χ3v) is 3.53. The minimum atomic E-state index is -0.977. The lowest BCUT2D eigenvalue weighted by Crippen LogP contribution is -2.51. The molecule has 0 heterocycles. The van der Waals surface area contributed by atoms with Gasteiger partial charge in [0.1, 0.15) is 6.04 Å². The SMILES string of the molecule is CCC(C)C(NC(=O)NC(C)CC1CC1)C(=O)O. The minimum absolute atomic E-state index is 0.0769. The van der Waals surface area contributed by atoms with Crippen molar-refractivity contribution in [3.05, 3.63) is 0 Å². The number of carbonyl (C=O) groups excluding carboxylic acids is 1. The number of hydrogen-bond donors (Lipinski definition) is 3. The first-order chi connectivity index (χ1) is 8.43. The number of urea groups is 1. The molecule has 0 bridgehead atoms. The summed E-state index contributed by atoms with van der Waals surface area (Å²) in [6.07, 6.45) is 4.19. The lowest BCUT2D eigenvalue weighted by Gasteiger charge is -2.22. The highest BCUT2D eigenvalue weighted by atomic mass is 16.4. The Morgan fingerprint density at radius 1 is 1.28 bits per heavy atom. The molecule has 3 unspecified atom stereocenters. The Bertz CT molecular complexity index is 303. The monoisotopic (exact) mass is 256 g/mol. The van der Waals surface area contributed by atoms with E-state index in [1.807, 2.05) is 20.8 Å². The highest BCUT2D eigenvalue weighted by Crippen LogP contribution is 2.33. The molecule has 1 saturated carbocycles. The van der Waals surface area contributed by atoms with E-state index < -0.39 is 12.0 Å². The summed E-state index contributed by atoms with van der Waals surface area (Å²) in [4.78, 5) is 22.8. The van der Waals surface area contributed by atoms with Crippen molar-refractivity contribution >= 4 is 12.0 Å². The van der Waals surface area contributed by atoms with Gasteiger partial charge >= 0.3 is 12.0 Å². The van der Waals surface area contributed by atoms with Crippen molar-refractivity contribution < 1.29 is 14.7 Å². The molecule has 1 aliphatic carbocycles. The van der Waals surface area contributed by atoms with Gasteiger partial charge in [-0.15, -0.1) is 0 Å². The summed E-state index contributed by atoms with van der Waals surface area (Å²) in [5.74, 6) is -0.313. The number of carboxylic acids is 1. The van der Waals surface area contributed by atoms with Gasteiger partial charge in [0.25, 0.3) is 0 Å². The van der Waals surface area contributed by atoms with Crippen LogP contribution in [0.15, 0.2) is 0 Å². The summed E-state index contributed by atoms with van der Waals surface area (Å²) >= 11 is 0. The van der Waals surface area contributed by atoms with Crippen LogP contribution >= 0.6 is 0 Å². The van der Waals surface area contributed by atoms with Crippen LogP contribution in [0.3, 0.4) is 0 Å². The normalized spacial score (nSPS) is 19.7. The number of aliphatic carboxylic acids is 1. The minimum Gasteiger partial charge on any atom is -0.480 e. The molecule has 0 aromatic carbocycles. The zero-order valence-electron chi connectivity index (χ0n) is 11.4. The van der Waals surface area contributed by atoms with E-state index in [9.17, 15) is 9.59 Å². The van der Waals surface area contributed by atoms with Gasteiger partial charge in [0.05, 0.1) is 0 Å². The molecule has 0 radical (unpaired) electrons. The summed E-state index contributed by atoms with van der Waals surface area (Å²) in [6, 6.07) is -1.09. The van der Waals surface area contributed by atoms with Gasteiger partial charge in [0, 0.05) is 6.04 Å². The standard InChI is InChI=1S/C13H24N2O3/c1-4-8(2)11(12(16)17)15-13(18)14-9(3)7-10-5-6-10/h8-11H,4-7H2,1-3H3,(H,16,17)(H2,14,15,18). The number of nitrogens with one attached hydrogen (secondary N) is 2. The highest BCUT2D eigenvalue weighted by molar-refractivity contribution is 5.82. The topological polar surface area (TPSA) is 78.4 Å². The van der Waals surface area contributed by atoms with Gasteiger partial charge in [-0.25, -0.2) is 9.59 Å². The third-order valence-electron chi connectivity index (χ3n) is 3.53. The van der Waals surface area contributed by atoms with Crippen LogP contribution in [0, 0.1) is 11.8 Å². The van der Waals surface area contributed by atoms with Crippen molar-refractivity contribution in [2.75, 3.05) is 0 Å². The van der Waals surface area contributed by atoms with E-state index in [1.54, 1.807) is 0 Å². The van der Waals surface area contributed by atoms with Crippen LogP contribution in [0.1, 0.15) is 46.5 Å². The Morgan fingerprint density at radius 3 is 2.33 bits per heavy atom. The molecule has 1 fully saturated rings. The van der Waals surface area contributed by atoms with Gasteiger partial charge in [-0.1, -0.05) is 33.1 Å². The molecule has 104 valence electrons. The Labute approximate surface area is 108 Å². The van der Waals surface area contributed by atoms with E-state index >= 15 is 0 Å². The second-order valence-corrected chi connectivity index (χ2v) is 5.40. The lowest BCUT2D eigenvalue weighted by molar-refractivity contribution is -0.140. The van der Waals surface area contributed by atoms with Crippen molar-refractivity contribution in [3.63, 3.8) is 0 Å². The van der Waals surface area contributed by atoms with E-state index in [-0.39, 0.29) is 18.0 Å². The molecule has 0 aliphatic heterocycles. The van der Waals surface area contributed by atoms with Crippen LogP contribution in [-0.2, 0) is 4.79 Å². The molecule has 3 N–H and O–H groups in total. The van der Waals surface area contributed by atoms with Crippen molar-refractivity contribution in [1.29, 1.82) is 0 Å². The van der Waals surface area contributed by atoms with E-state index in [2.05, 4.69) is 10.6 Å². The van der Waals surface area contributed by atoms with Gasteiger partial charge in [-0.3, -0.25) is 0 Å². The van der Waals surface area contributed by atoms with E-state index in [4.69, 9.17) is 5.11 Å². The maximum Gasteiger partial charge on any atom is 0.326 e. The number of carbonyl (C=O) groups is 2. The summed E-state index contributed by atoms with van der Waals surface area (Å²) in [6.45, 7) is 5.69. The molecular weight excluding hydrogens is 232 g/mol. The van der Waals surface area contributed by atoms with Crippen LogP contribution < -0.4 is 10.6 Å². The predicted molar refractivity (Wildman–Crippen MR) is 69.3 cm³/mol. The molecule has 0 aromatic heterocycles. The number of amides is 2. The zero-order valence-corrected chi connectivity index (χ0v) is 11.4. The smallest absolute Gasteiger partial charge is 0.326 e. The van der Waals surface area contributed by atoms with Crippen molar-refractivity contribution in [2.45, 2.75) is 58.5 Å². The molecule has 2 amide bonds. The van der Waals surface area contributed by atoms with Gasteiger partial charge in [0.15, 0.2) is 0 Å². The van der Waals surface area contributed by atoms with Crippen molar-refractivity contribution in [1.82, 2.24) is 10.6 Å². The van der Waals surface area contributed by atoms with Gasteiger partial charge < -0.3 is 15.7 Å². The first-order valence-corrected chi connectivity index (χ1v) is 6.73. The molecule has 5 heteroatoms. The molecule has 1 rings (SSSR count). The van der Waals surface area contributed by atoms with Gasteiger partial charge in [-0.2, -0.15) is 0 Å². The van der Waals surface area contributed by atoms with E-state index in [0.29, 0.717) is 0 Å². The maximum absolute atomic E-state index is 11.7. The molecule has 5 nitrogen and oxygen atoms in total. The molecule has 18 heavy (non-hydrogen) atoms. The first kappa shape index (κ1) is 14.8. The lowest BCUT2D eigenvalue weighted by atomic mass is 9.99. The number of hydrogen-bond acceptors (Lipinski definition) is 2.